The molecule has 1 radical (unpaired) electrons. The predicted octanol–water partition coefficient (Wildman–Crippen LogP) is 3.82. The first-order chi connectivity index (χ1) is 4.68. The molecule has 0 heteroatoms. The lowest BCUT2D eigenvalue weighted by Crippen LogP contribution is -2.13. The van der Waals surface area contributed by atoms with E-state index in [1.54, 1.807) is 0 Å². The average molecular weight is 141 g/mol. The second-order valence-electron chi connectivity index (χ2n) is 3.52. The molecule has 0 aliphatic carbocycles. The van der Waals surface area contributed by atoms with Gasteiger partial charge < -0.3 is 0 Å². The summed E-state index contributed by atoms with van der Waals surface area (Å²) in [6.45, 7) is 10.8. The van der Waals surface area contributed by atoms with Crippen LogP contribution < -0.4 is 0 Å². The third-order valence-corrected chi connectivity index (χ3v) is 2.59. The van der Waals surface area contributed by atoms with E-state index in [0.717, 1.165) is 6.42 Å². The Balaban J connectivity index is 3.58. The van der Waals surface area contributed by atoms with Crippen LogP contribution >= 0.6 is 0 Å². The summed E-state index contributed by atoms with van der Waals surface area (Å²) in [5.74, 6) is 0. The van der Waals surface area contributed by atoms with Crippen LogP contribution in [0.5, 0.6) is 0 Å². The molecule has 0 nitrogen and oxygen atoms in total. The Morgan fingerprint density at radius 1 is 1.30 bits per heavy atom. The smallest absolute Gasteiger partial charge is 0.0328 e. The molecule has 0 aliphatic rings. The van der Waals surface area contributed by atoms with Gasteiger partial charge in [-0.25, -0.2) is 0 Å². The number of hydrogen-bond acceptors (Lipinski definition) is 0. The Kier molecular flexibility index (Phi) is 4.76. The third kappa shape index (κ3) is 3.24. The number of unbranched alkanes of at least 4 members (excludes halogenated alkanes) is 1. The second-order valence-corrected chi connectivity index (χ2v) is 3.52. The lowest BCUT2D eigenvalue weighted by Gasteiger charge is -2.26. The fourth-order valence-corrected chi connectivity index (χ4v) is 1.08. The van der Waals surface area contributed by atoms with Crippen LogP contribution in [0.1, 0.15) is 52.9 Å². The van der Waals surface area contributed by atoms with E-state index in [4.69, 9.17) is 0 Å². The Labute approximate surface area is 66.0 Å². The average Bonchev–Trinajstić information content (AvgIpc) is 2.00. The van der Waals surface area contributed by atoms with Crippen LogP contribution in [0.3, 0.4) is 0 Å². The zero-order valence-electron chi connectivity index (χ0n) is 7.74. The molecule has 0 aromatic rings. The van der Waals surface area contributed by atoms with Crippen molar-refractivity contribution in [2.75, 3.05) is 0 Å². The number of hydrogen-bond donors (Lipinski definition) is 0. The van der Waals surface area contributed by atoms with E-state index in [1.165, 1.54) is 25.7 Å². The maximum absolute atomic E-state index is 3.98. The number of rotatable bonds is 5. The van der Waals surface area contributed by atoms with Crippen LogP contribution in [0.4, 0.5) is 0 Å². The lowest BCUT2D eigenvalue weighted by atomic mass is 9.80. The van der Waals surface area contributed by atoms with E-state index in [-0.39, 0.29) is 0 Å². The van der Waals surface area contributed by atoms with Crippen molar-refractivity contribution in [1.82, 2.24) is 0 Å². The fraction of sp³-hybridized carbons (Fsp3) is 0.900. The van der Waals surface area contributed by atoms with Crippen molar-refractivity contribution in [3.05, 3.63) is 6.92 Å². The van der Waals surface area contributed by atoms with Crippen LogP contribution in [0, 0.1) is 12.3 Å². The minimum atomic E-state index is 0.524. The van der Waals surface area contributed by atoms with Crippen molar-refractivity contribution in [1.29, 1.82) is 0 Å². The second kappa shape index (κ2) is 4.76. The molecule has 0 saturated carbocycles. The van der Waals surface area contributed by atoms with Crippen molar-refractivity contribution >= 4 is 0 Å². The molecule has 0 saturated heterocycles. The van der Waals surface area contributed by atoms with Gasteiger partial charge in [0, 0.05) is 0 Å². The highest BCUT2D eigenvalue weighted by molar-refractivity contribution is 4.72. The summed E-state index contributed by atoms with van der Waals surface area (Å²) in [4.78, 5) is 0. The minimum absolute atomic E-state index is 0.524. The Morgan fingerprint density at radius 3 is 2.20 bits per heavy atom. The Morgan fingerprint density at radius 2 is 1.90 bits per heavy atom. The van der Waals surface area contributed by atoms with Crippen LogP contribution in [0.25, 0.3) is 0 Å². The first-order valence-electron chi connectivity index (χ1n) is 4.47. The van der Waals surface area contributed by atoms with Gasteiger partial charge in [0.05, 0.1) is 0 Å². The zero-order valence-corrected chi connectivity index (χ0v) is 7.74. The van der Waals surface area contributed by atoms with E-state index < -0.39 is 0 Å². The highest BCUT2D eigenvalue weighted by atomic mass is 14.2. The summed E-state index contributed by atoms with van der Waals surface area (Å²) in [6.07, 6.45) is 6.39. The molecule has 0 aromatic heterocycles. The molecule has 0 aromatic carbocycles. The van der Waals surface area contributed by atoms with Gasteiger partial charge in [0.15, 0.2) is 0 Å². The first kappa shape index (κ1) is 10.0. The van der Waals surface area contributed by atoms with Crippen LogP contribution in [-0.4, -0.2) is 0 Å². The molecule has 0 aliphatic heterocycles. The van der Waals surface area contributed by atoms with Gasteiger partial charge in [0.25, 0.3) is 0 Å². The summed E-state index contributed by atoms with van der Waals surface area (Å²) < 4.78 is 0. The molecule has 10 heavy (non-hydrogen) atoms. The van der Waals surface area contributed by atoms with Crippen molar-refractivity contribution in [2.45, 2.75) is 52.9 Å². The van der Waals surface area contributed by atoms with Crippen molar-refractivity contribution in [2.24, 2.45) is 5.41 Å². The molecular weight excluding hydrogens is 120 g/mol. The van der Waals surface area contributed by atoms with Crippen LogP contribution in [-0.2, 0) is 0 Å². The maximum Gasteiger partial charge on any atom is -0.0328 e. The molecule has 1 atom stereocenters. The van der Waals surface area contributed by atoms with E-state index in [1.807, 2.05) is 0 Å². The van der Waals surface area contributed by atoms with E-state index in [2.05, 4.69) is 27.7 Å². The van der Waals surface area contributed by atoms with Gasteiger partial charge in [0.1, 0.15) is 0 Å². The Hall–Kier alpha value is 0. The highest BCUT2D eigenvalue weighted by Gasteiger charge is 2.17. The standard InChI is InChI=1S/C10H21/c1-5-8-9-10(4,6-2)7-3/h2,5-9H2,1,3-4H3. The molecule has 0 N–H and O–H groups in total. The largest absolute Gasteiger partial charge is 0.0654 e. The third-order valence-electron chi connectivity index (χ3n) is 2.59. The summed E-state index contributed by atoms with van der Waals surface area (Å²) in [6, 6.07) is 0. The summed E-state index contributed by atoms with van der Waals surface area (Å²) >= 11 is 0. The van der Waals surface area contributed by atoms with Crippen LogP contribution in [0.15, 0.2) is 0 Å². The van der Waals surface area contributed by atoms with Gasteiger partial charge in [-0.15, -0.1) is 0 Å². The topological polar surface area (TPSA) is 0 Å². The fourth-order valence-electron chi connectivity index (χ4n) is 1.08. The normalized spacial score (nSPS) is 12.0. The highest BCUT2D eigenvalue weighted by Crippen LogP contribution is 2.30. The molecule has 0 rings (SSSR count). The molecule has 0 fully saturated rings. The summed E-state index contributed by atoms with van der Waals surface area (Å²) in [7, 11) is 0. The lowest BCUT2D eigenvalue weighted by molar-refractivity contribution is 0.278. The molecule has 61 valence electrons. The van der Waals surface area contributed by atoms with Crippen molar-refractivity contribution < 1.29 is 0 Å². The van der Waals surface area contributed by atoms with E-state index in [9.17, 15) is 0 Å². The van der Waals surface area contributed by atoms with Gasteiger partial charge in [0.2, 0.25) is 0 Å². The van der Waals surface area contributed by atoms with Gasteiger partial charge in [-0.05, 0) is 18.3 Å². The monoisotopic (exact) mass is 141 g/mol. The minimum Gasteiger partial charge on any atom is -0.0654 e. The predicted molar refractivity (Wildman–Crippen MR) is 47.9 cm³/mol. The molecular formula is C10H21. The first-order valence-corrected chi connectivity index (χ1v) is 4.47. The van der Waals surface area contributed by atoms with E-state index in [0.29, 0.717) is 5.41 Å². The summed E-state index contributed by atoms with van der Waals surface area (Å²) in [5.41, 5.74) is 0.524. The van der Waals surface area contributed by atoms with E-state index >= 15 is 0 Å². The molecule has 1 unspecified atom stereocenters. The molecule has 0 heterocycles. The van der Waals surface area contributed by atoms with Gasteiger partial charge in [-0.2, -0.15) is 0 Å². The van der Waals surface area contributed by atoms with Crippen LogP contribution in [0.2, 0.25) is 0 Å². The van der Waals surface area contributed by atoms with Gasteiger partial charge >= 0.3 is 0 Å². The molecule has 0 spiro atoms. The molecule has 0 amide bonds. The van der Waals surface area contributed by atoms with Gasteiger partial charge in [-0.3, -0.25) is 0 Å². The van der Waals surface area contributed by atoms with Crippen molar-refractivity contribution in [3.63, 3.8) is 0 Å². The summed E-state index contributed by atoms with van der Waals surface area (Å²) in [5, 5.41) is 0. The quantitative estimate of drug-likeness (QED) is 0.546. The Bertz CT molecular complexity index is 70.1. The molecule has 0 bridgehead atoms. The SMILES string of the molecule is [CH2]CC(C)(CC)CCCC. The van der Waals surface area contributed by atoms with Crippen molar-refractivity contribution in [3.8, 4) is 0 Å². The van der Waals surface area contributed by atoms with Gasteiger partial charge in [-0.1, -0.05) is 47.0 Å². The maximum atomic E-state index is 3.98. The zero-order chi connectivity index (χ0) is 8.04.